The summed E-state index contributed by atoms with van der Waals surface area (Å²) >= 11 is 0. The van der Waals surface area contributed by atoms with E-state index in [0.29, 0.717) is 12.1 Å². The molecule has 0 saturated carbocycles. The van der Waals surface area contributed by atoms with E-state index in [2.05, 4.69) is 0 Å². The van der Waals surface area contributed by atoms with Gasteiger partial charge in [-0.3, -0.25) is 0 Å². The van der Waals surface area contributed by atoms with Gasteiger partial charge in [0, 0.05) is 0 Å². The van der Waals surface area contributed by atoms with E-state index in [9.17, 15) is 26.0 Å². The van der Waals surface area contributed by atoms with Gasteiger partial charge in [-0.2, -0.15) is 13.2 Å². The average Bonchev–Trinajstić information content (AvgIpc) is 2.16. The summed E-state index contributed by atoms with van der Waals surface area (Å²) in [5.74, 6) is -1.82. The second-order valence-corrected chi connectivity index (χ2v) is 5.32. The third kappa shape index (κ3) is 2.52. The maximum atomic E-state index is 12.8. The van der Waals surface area contributed by atoms with E-state index in [4.69, 9.17) is 0 Å². The molecule has 2 nitrogen and oxygen atoms in total. The summed E-state index contributed by atoms with van der Waals surface area (Å²) in [4.78, 5) is -0.524. The predicted octanol–water partition coefficient (Wildman–Crippen LogP) is 2.64. The topological polar surface area (TPSA) is 34.1 Å². The number of rotatable bonds is 2. The molecule has 7 heteroatoms. The standard InChI is InChI=1S/C9H8F4O2S/c1-2-16(14,15)6-3-4-8(10)7(5-6)9(11,12)13/h3-5H,2H2,1H3. The molecule has 90 valence electrons. The zero-order valence-corrected chi connectivity index (χ0v) is 8.99. The minimum absolute atomic E-state index is 0.314. The summed E-state index contributed by atoms with van der Waals surface area (Å²) in [6, 6.07) is 1.64. The van der Waals surface area contributed by atoms with Crippen LogP contribution in [0.2, 0.25) is 0 Å². The summed E-state index contributed by atoms with van der Waals surface area (Å²) in [5.41, 5.74) is -1.57. The lowest BCUT2D eigenvalue weighted by Crippen LogP contribution is -2.11. The highest BCUT2D eigenvalue weighted by Gasteiger charge is 2.35. The highest BCUT2D eigenvalue weighted by Crippen LogP contribution is 2.32. The van der Waals surface area contributed by atoms with Gasteiger partial charge in [-0.25, -0.2) is 12.8 Å². The Hall–Kier alpha value is -1.11. The van der Waals surface area contributed by atoms with Crippen LogP contribution in [0.5, 0.6) is 0 Å². The van der Waals surface area contributed by atoms with Gasteiger partial charge < -0.3 is 0 Å². The van der Waals surface area contributed by atoms with Gasteiger partial charge in [-0.05, 0) is 18.2 Å². The molecule has 0 amide bonds. The van der Waals surface area contributed by atoms with Crippen LogP contribution in [0.25, 0.3) is 0 Å². The van der Waals surface area contributed by atoms with Crippen molar-refractivity contribution in [1.29, 1.82) is 0 Å². The molecular weight excluding hydrogens is 248 g/mol. The summed E-state index contributed by atoms with van der Waals surface area (Å²) in [7, 11) is -3.76. The van der Waals surface area contributed by atoms with Crippen LogP contribution in [0.4, 0.5) is 17.6 Å². The lowest BCUT2D eigenvalue weighted by Gasteiger charge is -2.09. The maximum absolute atomic E-state index is 12.8. The van der Waals surface area contributed by atoms with Crippen LogP contribution in [0.15, 0.2) is 23.1 Å². The average molecular weight is 256 g/mol. The minimum atomic E-state index is -4.90. The van der Waals surface area contributed by atoms with Gasteiger partial charge in [0.2, 0.25) is 0 Å². The van der Waals surface area contributed by atoms with Crippen LogP contribution in [0, 0.1) is 5.82 Å². The second kappa shape index (κ2) is 4.04. The molecule has 0 unspecified atom stereocenters. The fraction of sp³-hybridized carbons (Fsp3) is 0.333. The Morgan fingerprint density at radius 3 is 2.25 bits per heavy atom. The Morgan fingerprint density at radius 1 is 1.25 bits per heavy atom. The molecule has 1 rings (SSSR count). The summed E-state index contributed by atoms with van der Waals surface area (Å²) < 4.78 is 72.3. The molecule has 0 aliphatic carbocycles. The molecule has 0 atom stereocenters. The maximum Gasteiger partial charge on any atom is 0.419 e. The van der Waals surface area contributed by atoms with Crippen LogP contribution >= 0.6 is 0 Å². The number of hydrogen-bond donors (Lipinski definition) is 0. The lowest BCUT2D eigenvalue weighted by molar-refractivity contribution is -0.140. The number of sulfone groups is 1. The van der Waals surface area contributed by atoms with Crippen LogP contribution in [-0.4, -0.2) is 14.2 Å². The van der Waals surface area contributed by atoms with Crippen LogP contribution in [0.3, 0.4) is 0 Å². The van der Waals surface area contributed by atoms with Crippen molar-refractivity contribution < 1.29 is 26.0 Å². The fourth-order valence-electron chi connectivity index (χ4n) is 1.08. The molecule has 0 saturated heterocycles. The van der Waals surface area contributed by atoms with Crippen molar-refractivity contribution in [2.45, 2.75) is 18.0 Å². The van der Waals surface area contributed by atoms with Crippen LogP contribution in [0.1, 0.15) is 12.5 Å². The molecule has 0 fully saturated rings. The van der Waals surface area contributed by atoms with Gasteiger partial charge in [0.25, 0.3) is 0 Å². The lowest BCUT2D eigenvalue weighted by atomic mass is 10.2. The number of hydrogen-bond acceptors (Lipinski definition) is 2. The molecule has 0 heterocycles. The molecular formula is C9H8F4O2S. The first-order valence-corrected chi connectivity index (χ1v) is 5.93. The Balaban J connectivity index is 3.40. The van der Waals surface area contributed by atoms with Crippen LogP contribution < -0.4 is 0 Å². The molecule has 16 heavy (non-hydrogen) atoms. The SMILES string of the molecule is CCS(=O)(=O)c1ccc(F)c(C(F)(F)F)c1. The van der Waals surface area contributed by atoms with E-state index in [1.165, 1.54) is 6.92 Å². The van der Waals surface area contributed by atoms with Crippen molar-refractivity contribution in [3.63, 3.8) is 0 Å². The molecule has 0 spiro atoms. The second-order valence-electron chi connectivity index (χ2n) is 3.04. The predicted molar refractivity (Wildman–Crippen MR) is 49.1 cm³/mol. The van der Waals surface area contributed by atoms with E-state index in [-0.39, 0.29) is 5.75 Å². The summed E-state index contributed by atoms with van der Waals surface area (Å²) in [5, 5.41) is 0. The summed E-state index contributed by atoms with van der Waals surface area (Å²) in [6.07, 6.45) is -4.90. The van der Waals surface area contributed by atoms with E-state index in [1.54, 1.807) is 0 Å². The molecule has 0 aliphatic rings. The zero-order valence-electron chi connectivity index (χ0n) is 8.18. The highest BCUT2D eigenvalue weighted by molar-refractivity contribution is 7.91. The first kappa shape index (κ1) is 13.0. The van der Waals surface area contributed by atoms with Gasteiger partial charge >= 0.3 is 6.18 Å². The van der Waals surface area contributed by atoms with E-state index < -0.39 is 32.3 Å². The van der Waals surface area contributed by atoms with Gasteiger partial charge in [0.15, 0.2) is 9.84 Å². The molecule has 0 aliphatic heterocycles. The van der Waals surface area contributed by atoms with E-state index in [1.807, 2.05) is 0 Å². The monoisotopic (exact) mass is 256 g/mol. The normalized spacial score (nSPS) is 12.8. The Kier molecular flexibility index (Phi) is 3.27. The largest absolute Gasteiger partial charge is 0.419 e. The van der Waals surface area contributed by atoms with Crippen LogP contribution in [-0.2, 0) is 16.0 Å². The van der Waals surface area contributed by atoms with E-state index in [0.717, 1.165) is 6.07 Å². The molecule has 1 aromatic rings. The number of benzene rings is 1. The highest BCUT2D eigenvalue weighted by atomic mass is 32.2. The van der Waals surface area contributed by atoms with Crippen molar-refractivity contribution in [1.82, 2.24) is 0 Å². The van der Waals surface area contributed by atoms with Gasteiger partial charge in [-0.1, -0.05) is 6.92 Å². The molecule has 0 bridgehead atoms. The zero-order chi connectivity index (χ0) is 12.6. The van der Waals surface area contributed by atoms with Crippen molar-refractivity contribution in [3.05, 3.63) is 29.6 Å². The Labute approximate surface area is 89.8 Å². The molecule has 0 radical (unpaired) electrons. The fourth-order valence-corrected chi connectivity index (χ4v) is 1.99. The molecule has 0 N–H and O–H groups in total. The number of alkyl halides is 3. The van der Waals surface area contributed by atoms with Gasteiger partial charge in [0.1, 0.15) is 5.82 Å². The van der Waals surface area contributed by atoms with E-state index >= 15 is 0 Å². The van der Waals surface area contributed by atoms with Crippen molar-refractivity contribution in [2.75, 3.05) is 5.75 Å². The Bertz CT molecular complexity index is 491. The third-order valence-electron chi connectivity index (χ3n) is 1.98. The molecule has 1 aromatic carbocycles. The first-order chi connectivity index (χ1) is 7.18. The minimum Gasteiger partial charge on any atom is -0.224 e. The van der Waals surface area contributed by atoms with Crippen molar-refractivity contribution in [3.8, 4) is 0 Å². The summed E-state index contributed by atoms with van der Waals surface area (Å²) in [6.45, 7) is 1.30. The van der Waals surface area contributed by atoms with Gasteiger partial charge in [0.05, 0.1) is 16.2 Å². The Morgan fingerprint density at radius 2 is 1.81 bits per heavy atom. The number of halogens is 4. The van der Waals surface area contributed by atoms with Crippen molar-refractivity contribution in [2.24, 2.45) is 0 Å². The first-order valence-electron chi connectivity index (χ1n) is 4.28. The van der Waals surface area contributed by atoms with Gasteiger partial charge in [-0.15, -0.1) is 0 Å². The third-order valence-corrected chi connectivity index (χ3v) is 3.71. The molecule has 0 aromatic heterocycles. The van der Waals surface area contributed by atoms with Crippen molar-refractivity contribution >= 4 is 9.84 Å². The quantitative estimate of drug-likeness (QED) is 0.602. The smallest absolute Gasteiger partial charge is 0.224 e.